The summed E-state index contributed by atoms with van der Waals surface area (Å²) in [6.07, 6.45) is 5.61. The van der Waals surface area contributed by atoms with Gasteiger partial charge < -0.3 is 9.67 Å². The van der Waals surface area contributed by atoms with Gasteiger partial charge >= 0.3 is 5.97 Å². The van der Waals surface area contributed by atoms with Crippen molar-refractivity contribution in [2.24, 2.45) is 0 Å². The van der Waals surface area contributed by atoms with Crippen LogP contribution in [0.15, 0.2) is 18.7 Å². The molecule has 5 heteroatoms. The van der Waals surface area contributed by atoms with Gasteiger partial charge in [-0.1, -0.05) is 0 Å². The van der Waals surface area contributed by atoms with Crippen LogP contribution in [-0.2, 0) is 10.3 Å². The summed E-state index contributed by atoms with van der Waals surface area (Å²) in [5.41, 5.74) is -0.749. The highest BCUT2D eigenvalue weighted by Crippen LogP contribution is 2.34. The minimum Gasteiger partial charge on any atom is -0.479 e. The normalized spacial score (nSPS) is 27.7. The van der Waals surface area contributed by atoms with Gasteiger partial charge in [0.15, 0.2) is 5.54 Å². The molecule has 1 fully saturated rings. The minimum absolute atomic E-state index is 0.638. The van der Waals surface area contributed by atoms with Crippen LogP contribution in [0.2, 0.25) is 0 Å². The molecule has 13 heavy (non-hydrogen) atoms. The number of carbonyl (C=O) groups is 1. The molecule has 1 saturated heterocycles. The summed E-state index contributed by atoms with van der Waals surface area (Å²) in [5.74, 6) is 0.791. The Bertz CT molecular complexity index is 304. The van der Waals surface area contributed by atoms with Gasteiger partial charge in [0.05, 0.1) is 6.33 Å². The first-order valence-corrected chi connectivity index (χ1v) is 5.21. The molecule has 4 nitrogen and oxygen atoms in total. The second kappa shape index (κ2) is 3.06. The van der Waals surface area contributed by atoms with Gasteiger partial charge in [0.2, 0.25) is 0 Å². The van der Waals surface area contributed by atoms with Crippen LogP contribution in [0.25, 0.3) is 0 Å². The summed E-state index contributed by atoms with van der Waals surface area (Å²) in [4.78, 5) is 15.0. The van der Waals surface area contributed by atoms with E-state index in [2.05, 4.69) is 4.98 Å². The molecular formula is C8H10N2O2S. The number of aromatic nitrogens is 2. The zero-order chi connectivity index (χ0) is 9.31. The molecule has 0 aliphatic carbocycles. The van der Waals surface area contributed by atoms with E-state index in [0.29, 0.717) is 12.2 Å². The van der Waals surface area contributed by atoms with Gasteiger partial charge in [-0.2, -0.15) is 11.8 Å². The van der Waals surface area contributed by atoms with E-state index in [1.165, 1.54) is 0 Å². The van der Waals surface area contributed by atoms with Crippen LogP contribution in [0.3, 0.4) is 0 Å². The maximum atomic E-state index is 11.2. The number of aliphatic carboxylic acids is 1. The smallest absolute Gasteiger partial charge is 0.330 e. The van der Waals surface area contributed by atoms with Crippen molar-refractivity contribution in [2.45, 2.75) is 12.0 Å². The Labute approximate surface area is 80.0 Å². The van der Waals surface area contributed by atoms with Crippen molar-refractivity contribution in [3.8, 4) is 0 Å². The van der Waals surface area contributed by atoms with Gasteiger partial charge in [0.1, 0.15) is 0 Å². The predicted molar refractivity (Wildman–Crippen MR) is 49.8 cm³/mol. The molecule has 0 bridgehead atoms. The Morgan fingerprint density at radius 1 is 1.69 bits per heavy atom. The van der Waals surface area contributed by atoms with Gasteiger partial charge in [-0.15, -0.1) is 0 Å². The fraction of sp³-hybridized carbons (Fsp3) is 0.500. The quantitative estimate of drug-likeness (QED) is 0.763. The van der Waals surface area contributed by atoms with Crippen molar-refractivity contribution in [2.75, 3.05) is 11.5 Å². The van der Waals surface area contributed by atoms with Crippen molar-refractivity contribution in [3.05, 3.63) is 18.7 Å². The molecule has 1 N–H and O–H groups in total. The molecule has 0 radical (unpaired) electrons. The summed E-state index contributed by atoms with van der Waals surface area (Å²) in [6, 6.07) is 0. The standard InChI is InChI=1S/C8H10N2O2S/c11-7(12)8(1-4-13-5-8)10-3-2-9-6-10/h2-3,6H,1,4-5H2,(H,11,12). The van der Waals surface area contributed by atoms with Crippen molar-refractivity contribution < 1.29 is 9.90 Å². The van der Waals surface area contributed by atoms with Crippen molar-refractivity contribution >= 4 is 17.7 Å². The van der Waals surface area contributed by atoms with E-state index < -0.39 is 11.5 Å². The van der Waals surface area contributed by atoms with Crippen LogP contribution < -0.4 is 0 Å². The zero-order valence-corrected chi connectivity index (χ0v) is 7.83. The first kappa shape index (κ1) is 8.62. The summed E-state index contributed by atoms with van der Waals surface area (Å²) in [7, 11) is 0. The summed E-state index contributed by atoms with van der Waals surface area (Å²) < 4.78 is 1.70. The van der Waals surface area contributed by atoms with Crippen LogP contribution >= 0.6 is 11.8 Å². The third-order valence-electron chi connectivity index (χ3n) is 2.40. The van der Waals surface area contributed by atoms with E-state index in [1.807, 2.05) is 0 Å². The lowest BCUT2D eigenvalue weighted by Crippen LogP contribution is -2.41. The largest absolute Gasteiger partial charge is 0.479 e. The molecule has 1 aliphatic rings. The van der Waals surface area contributed by atoms with Crippen molar-refractivity contribution in [1.29, 1.82) is 0 Å². The van der Waals surface area contributed by atoms with Gasteiger partial charge in [0.25, 0.3) is 0 Å². The molecule has 2 rings (SSSR count). The van der Waals surface area contributed by atoms with E-state index >= 15 is 0 Å². The molecule has 0 spiro atoms. The maximum absolute atomic E-state index is 11.2. The van der Waals surface area contributed by atoms with Crippen LogP contribution in [-0.4, -0.2) is 32.1 Å². The number of imidazole rings is 1. The van der Waals surface area contributed by atoms with Gasteiger partial charge in [-0.05, 0) is 12.2 Å². The van der Waals surface area contributed by atoms with Crippen LogP contribution in [0.5, 0.6) is 0 Å². The number of hydrogen-bond donors (Lipinski definition) is 1. The average Bonchev–Trinajstić information content (AvgIpc) is 2.75. The zero-order valence-electron chi connectivity index (χ0n) is 7.01. The first-order chi connectivity index (χ1) is 6.26. The Kier molecular flexibility index (Phi) is 2.03. The summed E-state index contributed by atoms with van der Waals surface area (Å²) >= 11 is 1.68. The van der Waals surface area contributed by atoms with Gasteiger partial charge in [-0.25, -0.2) is 9.78 Å². The first-order valence-electron chi connectivity index (χ1n) is 4.05. The van der Waals surface area contributed by atoms with Crippen LogP contribution in [0.1, 0.15) is 6.42 Å². The second-order valence-corrected chi connectivity index (χ2v) is 4.21. The molecule has 1 atom stereocenters. The van der Waals surface area contributed by atoms with Gasteiger partial charge in [-0.3, -0.25) is 0 Å². The number of carboxylic acid groups (broad SMARTS) is 1. The van der Waals surface area contributed by atoms with Crippen LogP contribution in [0.4, 0.5) is 0 Å². The average molecular weight is 198 g/mol. The maximum Gasteiger partial charge on any atom is 0.330 e. The molecule has 0 aromatic carbocycles. The Morgan fingerprint density at radius 2 is 2.54 bits per heavy atom. The van der Waals surface area contributed by atoms with Crippen LogP contribution in [0, 0.1) is 0 Å². The molecule has 0 saturated carbocycles. The molecule has 70 valence electrons. The molecule has 2 heterocycles. The van der Waals surface area contributed by atoms with Crippen molar-refractivity contribution in [3.63, 3.8) is 0 Å². The second-order valence-electron chi connectivity index (χ2n) is 3.11. The van der Waals surface area contributed by atoms with Gasteiger partial charge in [0, 0.05) is 18.1 Å². The van der Waals surface area contributed by atoms with E-state index in [1.54, 1.807) is 35.0 Å². The van der Waals surface area contributed by atoms with E-state index in [4.69, 9.17) is 0 Å². The fourth-order valence-corrected chi connectivity index (χ4v) is 2.93. The fourth-order valence-electron chi connectivity index (χ4n) is 1.55. The molecule has 1 aromatic heterocycles. The van der Waals surface area contributed by atoms with E-state index in [9.17, 15) is 9.90 Å². The number of carboxylic acids is 1. The monoisotopic (exact) mass is 198 g/mol. The minimum atomic E-state index is -0.754. The number of thioether (sulfide) groups is 1. The highest BCUT2D eigenvalue weighted by molar-refractivity contribution is 7.99. The lowest BCUT2D eigenvalue weighted by Gasteiger charge is -2.24. The number of rotatable bonds is 2. The topological polar surface area (TPSA) is 55.1 Å². The SMILES string of the molecule is O=C(O)C1(n2ccnc2)CCSC1. The Balaban J connectivity index is 2.39. The highest BCUT2D eigenvalue weighted by Gasteiger charge is 2.43. The molecule has 1 aliphatic heterocycles. The third-order valence-corrected chi connectivity index (χ3v) is 3.57. The molecule has 1 aromatic rings. The van der Waals surface area contributed by atoms with E-state index in [0.717, 1.165) is 5.75 Å². The number of nitrogens with zero attached hydrogens (tertiary/aromatic N) is 2. The third kappa shape index (κ3) is 1.23. The summed E-state index contributed by atoms with van der Waals surface area (Å²) in [5, 5.41) is 9.17. The molecule has 1 unspecified atom stereocenters. The molecule has 0 amide bonds. The van der Waals surface area contributed by atoms with Crippen molar-refractivity contribution in [1.82, 2.24) is 9.55 Å². The Morgan fingerprint density at radius 3 is 3.00 bits per heavy atom. The van der Waals surface area contributed by atoms with E-state index in [-0.39, 0.29) is 0 Å². The molecular weight excluding hydrogens is 188 g/mol. The Hall–Kier alpha value is -0.970. The summed E-state index contributed by atoms with van der Waals surface area (Å²) in [6.45, 7) is 0. The lowest BCUT2D eigenvalue weighted by atomic mass is 9.99. The lowest BCUT2D eigenvalue weighted by molar-refractivity contribution is -0.146. The number of hydrogen-bond acceptors (Lipinski definition) is 3. The highest BCUT2D eigenvalue weighted by atomic mass is 32.2. The predicted octanol–water partition coefficient (Wildman–Crippen LogP) is 0.800.